The lowest BCUT2D eigenvalue weighted by atomic mass is 10.1. The van der Waals surface area contributed by atoms with Crippen LogP contribution in [0.2, 0.25) is 0 Å². The first-order valence-corrected chi connectivity index (χ1v) is 7.87. The number of rotatable bonds is 6. The third kappa shape index (κ3) is 3.60. The molecule has 0 radical (unpaired) electrons. The molecule has 2 atom stereocenters. The number of benzene rings is 1. The van der Waals surface area contributed by atoms with E-state index in [9.17, 15) is 26.7 Å². The Morgan fingerprint density at radius 2 is 1.50 bits per heavy atom. The molecule has 3 nitrogen and oxygen atoms in total. The average Bonchev–Trinajstić information content (AvgIpc) is 3.09. The molecule has 1 aromatic rings. The van der Waals surface area contributed by atoms with E-state index in [1.165, 1.54) is 13.0 Å². The Kier molecular flexibility index (Phi) is 5.75. The predicted molar refractivity (Wildman–Crippen MR) is 82.4 cm³/mol. The highest BCUT2D eigenvalue weighted by atomic mass is 19.2. The van der Waals surface area contributed by atoms with Crippen molar-refractivity contribution in [2.75, 3.05) is 7.11 Å². The fourth-order valence-electron chi connectivity index (χ4n) is 3.04. The first-order chi connectivity index (χ1) is 12.0. The van der Waals surface area contributed by atoms with Gasteiger partial charge in [0.15, 0.2) is 23.3 Å². The van der Waals surface area contributed by atoms with Crippen LogP contribution in [0.15, 0.2) is 11.9 Å². The molecule has 26 heavy (non-hydrogen) atoms. The summed E-state index contributed by atoms with van der Waals surface area (Å²) in [6.45, 7) is 3.02. The molecular weight excluding hydrogens is 359 g/mol. The molecule has 1 fully saturated rings. The van der Waals surface area contributed by atoms with E-state index in [0.717, 1.165) is 7.11 Å². The Balaban J connectivity index is 2.18. The molecule has 0 aliphatic heterocycles. The van der Waals surface area contributed by atoms with Gasteiger partial charge in [0.2, 0.25) is 0 Å². The van der Waals surface area contributed by atoms with Crippen LogP contribution in [0, 0.1) is 40.5 Å². The number of methoxy groups -OCH3 is 1. The molecule has 1 aliphatic rings. The Morgan fingerprint density at radius 3 is 1.92 bits per heavy atom. The number of hydrogen-bond acceptors (Lipinski definition) is 3. The van der Waals surface area contributed by atoms with Crippen LogP contribution >= 0.6 is 0 Å². The molecule has 1 unspecified atom stereocenters. The molecule has 0 spiro atoms. The second kappa shape index (κ2) is 7.34. The van der Waals surface area contributed by atoms with E-state index in [0.29, 0.717) is 0 Å². The monoisotopic (exact) mass is 378 g/mol. The Bertz CT molecular complexity index is 725. The standard InChI is InChI=1S/C18H19F5O3/c1-8(19)5-11-12(18(11,2)3)17(24)26-7-10-15(22)13(20)9(6-25-4)14(21)16(10)23/h5,11-12H,6-7H2,1-4H3/t11?,12-/m0/s1. The largest absolute Gasteiger partial charge is 0.460 e. The highest BCUT2D eigenvalue weighted by Crippen LogP contribution is 2.60. The maximum absolute atomic E-state index is 14.0. The fourth-order valence-corrected chi connectivity index (χ4v) is 3.04. The minimum Gasteiger partial charge on any atom is -0.460 e. The van der Waals surface area contributed by atoms with Gasteiger partial charge in [-0.1, -0.05) is 13.8 Å². The molecule has 0 aromatic heterocycles. The molecule has 0 N–H and O–H groups in total. The molecule has 0 amide bonds. The molecule has 2 rings (SSSR count). The van der Waals surface area contributed by atoms with Gasteiger partial charge in [0.05, 0.1) is 29.5 Å². The highest BCUT2D eigenvalue weighted by molar-refractivity contribution is 5.78. The second-order valence-corrected chi connectivity index (χ2v) is 6.83. The summed E-state index contributed by atoms with van der Waals surface area (Å²) < 4.78 is 78.1. The van der Waals surface area contributed by atoms with Crippen LogP contribution in [-0.4, -0.2) is 13.1 Å². The summed E-state index contributed by atoms with van der Waals surface area (Å²) in [5.74, 6) is -8.90. The SMILES string of the molecule is COCc1c(F)c(F)c(COC(=O)[C@@H]2C(C=C(C)F)C2(C)C)c(F)c1F. The summed E-state index contributed by atoms with van der Waals surface area (Å²) in [5.41, 5.74) is -2.50. The van der Waals surface area contributed by atoms with Gasteiger partial charge in [-0.3, -0.25) is 4.79 Å². The summed E-state index contributed by atoms with van der Waals surface area (Å²) in [4.78, 5) is 12.1. The number of carbonyl (C=O) groups excluding carboxylic acids is 1. The van der Waals surface area contributed by atoms with Crippen LogP contribution in [0.25, 0.3) is 0 Å². The van der Waals surface area contributed by atoms with Gasteiger partial charge in [0, 0.05) is 7.11 Å². The number of esters is 1. The van der Waals surface area contributed by atoms with Crippen LogP contribution in [0.1, 0.15) is 31.9 Å². The first-order valence-electron chi connectivity index (χ1n) is 7.87. The van der Waals surface area contributed by atoms with Crippen LogP contribution in [0.4, 0.5) is 22.0 Å². The zero-order chi connectivity index (χ0) is 19.8. The topological polar surface area (TPSA) is 35.5 Å². The van der Waals surface area contributed by atoms with Gasteiger partial charge < -0.3 is 9.47 Å². The van der Waals surface area contributed by atoms with Crippen LogP contribution in [0.5, 0.6) is 0 Å². The normalized spacial score (nSPS) is 21.7. The molecule has 8 heteroatoms. The van der Waals surface area contributed by atoms with Gasteiger partial charge in [0.1, 0.15) is 6.61 Å². The smallest absolute Gasteiger partial charge is 0.310 e. The van der Waals surface area contributed by atoms with Gasteiger partial charge >= 0.3 is 5.97 Å². The van der Waals surface area contributed by atoms with Crippen LogP contribution < -0.4 is 0 Å². The van der Waals surface area contributed by atoms with Crippen molar-refractivity contribution in [3.8, 4) is 0 Å². The molecule has 1 aromatic carbocycles. The summed E-state index contributed by atoms with van der Waals surface area (Å²) in [5, 5.41) is 0. The zero-order valence-corrected chi connectivity index (χ0v) is 14.8. The van der Waals surface area contributed by atoms with Gasteiger partial charge in [-0.2, -0.15) is 0 Å². The van der Waals surface area contributed by atoms with Crippen molar-refractivity contribution < 1.29 is 36.2 Å². The van der Waals surface area contributed by atoms with E-state index >= 15 is 0 Å². The number of hydrogen-bond donors (Lipinski definition) is 0. The first kappa shape index (κ1) is 20.4. The highest BCUT2D eigenvalue weighted by Gasteiger charge is 2.61. The summed E-state index contributed by atoms with van der Waals surface area (Å²) in [7, 11) is 1.12. The Morgan fingerprint density at radius 1 is 1.04 bits per heavy atom. The van der Waals surface area contributed by atoms with Crippen LogP contribution in [0.3, 0.4) is 0 Å². The maximum atomic E-state index is 14.0. The fraction of sp³-hybridized carbons (Fsp3) is 0.500. The minimum atomic E-state index is -1.64. The van der Waals surface area contributed by atoms with E-state index in [1.807, 2.05) is 0 Å². The summed E-state index contributed by atoms with van der Waals surface area (Å²) in [6, 6.07) is 0. The van der Waals surface area contributed by atoms with E-state index in [-0.39, 0.29) is 0 Å². The predicted octanol–water partition coefficient (Wildman–Crippen LogP) is 4.58. The quantitative estimate of drug-likeness (QED) is 0.413. The number of halogens is 5. The van der Waals surface area contributed by atoms with Crippen molar-refractivity contribution >= 4 is 5.97 Å². The third-order valence-corrected chi connectivity index (χ3v) is 4.67. The lowest BCUT2D eigenvalue weighted by molar-refractivity contribution is -0.147. The van der Waals surface area contributed by atoms with Gasteiger partial charge in [0.25, 0.3) is 0 Å². The molecular formula is C18H19F5O3. The van der Waals surface area contributed by atoms with Gasteiger partial charge in [-0.15, -0.1) is 0 Å². The Labute approximate surface area is 147 Å². The molecule has 0 bridgehead atoms. The summed E-state index contributed by atoms with van der Waals surface area (Å²) >= 11 is 0. The molecule has 144 valence electrons. The lowest BCUT2D eigenvalue weighted by Crippen LogP contribution is -2.15. The second-order valence-electron chi connectivity index (χ2n) is 6.83. The van der Waals surface area contributed by atoms with Crippen molar-refractivity contribution in [2.24, 2.45) is 17.3 Å². The Hall–Kier alpha value is -1.96. The molecule has 1 aliphatic carbocycles. The average molecular weight is 378 g/mol. The zero-order valence-electron chi connectivity index (χ0n) is 14.8. The van der Waals surface area contributed by atoms with E-state index in [1.54, 1.807) is 13.8 Å². The third-order valence-electron chi connectivity index (χ3n) is 4.67. The number of allylic oxidation sites excluding steroid dienone is 2. The van der Waals surface area contributed by atoms with Crippen molar-refractivity contribution in [3.05, 3.63) is 46.3 Å². The molecule has 0 heterocycles. The van der Waals surface area contributed by atoms with E-state index < -0.39 is 76.7 Å². The van der Waals surface area contributed by atoms with Crippen molar-refractivity contribution in [1.82, 2.24) is 0 Å². The van der Waals surface area contributed by atoms with Crippen molar-refractivity contribution in [3.63, 3.8) is 0 Å². The number of carbonyl (C=O) groups is 1. The minimum absolute atomic E-state index is 0.424. The van der Waals surface area contributed by atoms with Crippen LogP contribution in [-0.2, 0) is 27.5 Å². The van der Waals surface area contributed by atoms with E-state index in [2.05, 4.69) is 4.74 Å². The molecule has 1 saturated carbocycles. The van der Waals surface area contributed by atoms with Gasteiger partial charge in [-0.25, -0.2) is 22.0 Å². The molecule has 0 saturated heterocycles. The van der Waals surface area contributed by atoms with E-state index in [4.69, 9.17) is 4.74 Å². The van der Waals surface area contributed by atoms with Gasteiger partial charge in [-0.05, 0) is 24.3 Å². The maximum Gasteiger partial charge on any atom is 0.310 e. The van der Waals surface area contributed by atoms with Crippen molar-refractivity contribution in [1.29, 1.82) is 0 Å². The number of ether oxygens (including phenoxy) is 2. The lowest BCUT2D eigenvalue weighted by Gasteiger charge is -2.12. The summed E-state index contributed by atoms with van der Waals surface area (Å²) in [6.07, 6.45) is 1.27. The van der Waals surface area contributed by atoms with Crippen molar-refractivity contribution in [2.45, 2.75) is 34.0 Å².